The lowest BCUT2D eigenvalue weighted by molar-refractivity contribution is -0.138. The van der Waals surface area contributed by atoms with Gasteiger partial charge in [-0.2, -0.15) is 0 Å². The summed E-state index contributed by atoms with van der Waals surface area (Å²) >= 11 is 17.4. The molecule has 0 aromatic carbocycles. The lowest BCUT2D eigenvalue weighted by Crippen LogP contribution is -2.14. The van der Waals surface area contributed by atoms with Crippen molar-refractivity contribution in [3.63, 3.8) is 0 Å². The summed E-state index contributed by atoms with van der Waals surface area (Å²) in [6, 6.07) is 2.82. The molecule has 0 fully saturated rings. The van der Waals surface area contributed by atoms with Gasteiger partial charge >= 0.3 is 5.97 Å². The first-order valence-corrected chi connectivity index (χ1v) is 6.63. The molecule has 5 nitrogen and oxygen atoms in total. The quantitative estimate of drug-likeness (QED) is 0.296. The highest BCUT2D eigenvalue weighted by Gasteiger charge is 2.19. The minimum Gasteiger partial charge on any atom is -0.512 e. The van der Waals surface area contributed by atoms with Crippen molar-refractivity contribution in [2.24, 2.45) is 4.99 Å². The molecule has 0 radical (unpaired) electrons. The Balaban J connectivity index is 3.19. The molecule has 0 bridgehead atoms. The molecule has 1 aromatic heterocycles. The molecule has 0 aliphatic carbocycles. The van der Waals surface area contributed by atoms with E-state index in [-0.39, 0.29) is 33.4 Å². The highest BCUT2D eigenvalue weighted by Crippen LogP contribution is 2.23. The van der Waals surface area contributed by atoms with Crippen LogP contribution in [0.4, 0.5) is 5.69 Å². The topological polar surface area (TPSA) is 71.8 Å². The minimum absolute atomic E-state index is 0.128. The maximum absolute atomic E-state index is 11.7. The number of nitrogens with zero attached hydrogens (tertiary/aromatic N) is 2. The van der Waals surface area contributed by atoms with E-state index in [1.165, 1.54) is 19.1 Å². The lowest BCUT2D eigenvalue weighted by Gasteiger charge is -2.06. The van der Waals surface area contributed by atoms with Gasteiger partial charge in [-0.25, -0.2) is 14.8 Å². The van der Waals surface area contributed by atoms with E-state index in [1.807, 2.05) is 0 Å². The number of allylic oxidation sites excluding steroid dienone is 1. The highest BCUT2D eigenvalue weighted by atomic mass is 35.5. The largest absolute Gasteiger partial charge is 0.512 e. The van der Waals surface area contributed by atoms with Crippen LogP contribution in [0.25, 0.3) is 0 Å². The van der Waals surface area contributed by atoms with Crippen LogP contribution in [0.2, 0.25) is 10.3 Å². The summed E-state index contributed by atoms with van der Waals surface area (Å²) in [6.07, 6.45) is 0. The first-order valence-electron chi connectivity index (χ1n) is 5.49. The summed E-state index contributed by atoms with van der Waals surface area (Å²) in [5, 5.41) is 9.54. The molecule has 0 unspecified atom stereocenters. The Kier molecular flexibility index (Phi) is 6.26. The van der Waals surface area contributed by atoms with Crippen molar-refractivity contribution in [2.45, 2.75) is 13.8 Å². The summed E-state index contributed by atoms with van der Waals surface area (Å²) in [4.78, 5) is 19.4. The number of rotatable bonds is 4. The number of aliphatic hydroxyl groups excluding tert-OH is 1. The van der Waals surface area contributed by atoms with E-state index in [2.05, 4.69) is 9.98 Å². The number of pyridine rings is 1. The molecule has 0 atom stereocenters. The van der Waals surface area contributed by atoms with Crippen LogP contribution in [-0.2, 0) is 9.53 Å². The number of hydrogen-bond acceptors (Lipinski definition) is 5. The Bertz CT molecular complexity index is 561. The first kappa shape index (κ1) is 16.8. The average Bonchev–Trinajstić information content (AvgIpc) is 2.26. The molecule has 0 saturated carbocycles. The van der Waals surface area contributed by atoms with Crippen LogP contribution in [0.15, 0.2) is 28.5 Å². The molecule has 8 heteroatoms. The number of esters is 1. The summed E-state index contributed by atoms with van der Waals surface area (Å²) in [5.41, 5.74) is 0.0700. The Morgan fingerprint density at radius 3 is 2.40 bits per heavy atom. The number of aliphatic imine (C=N–C) groups is 1. The Morgan fingerprint density at radius 1 is 1.40 bits per heavy atom. The van der Waals surface area contributed by atoms with Crippen LogP contribution in [0.3, 0.4) is 0 Å². The monoisotopic (exact) mass is 336 g/mol. The normalized spacial score (nSPS) is 12.9. The fourth-order valence-electron chi connectivity index (χ4n) is 1.27. The van der Waals surface area contributed by atoms with E-state index in [9.17, 15) is 9.90 Å². The summed E-state index contributed by atoms with van der Waals surface area (Å²) in [6.45, 7) is 3.08. The van der Waals surface area contributed by atoms with E-state index in [1.54, 1.807) is 6.92 Å². The molecule has 1 heterocycles. The number of aromatic nitrogens is 1. The molecule has 0 saturated heterocycles. The number of hydrogen-bond donors (Lipinski definition) is 1. The van der Waals surface area contributed by atoms with Crippen molar-refractivity contribution in [2.75, 3.05) is 6.61 Å². The maximum atomic E-state index is 11.7. The standard InChI is InChI=1S/C12H11Cl3N2O3/c1-3-20-12(19)10(6(2)18)11(15)16-7-4-8(13)17-9(14)5-7/h4-5,18H,3H2,1-2H3/b10-6+,16-11?. The van der Waals surface area contributed by atoms with E-state index < -0.39 is 5.97 Å². The number of carbonyl (C=O) groups excluding carboxylic acids is 1. The van der Waals surface area contributed by atoms with Gasteiger partial charge in [0.1, 0.15) is 26.8 Å². The van der Waals surface area contributed by atoms with Crippen molar-refractivity contribution in [1.29, 1.82) is 0 Å². The minimum atomic E-state index is -0.771. The maximum Gasteiger partial charge on any atom is 0.344 e. The van der Waals surface area contributed by atoms with Crippen molar-refractivity contribution in [3.8, 4) is 0 Å². The molecular weight excluding hydrogens is 327 g/mol. The zero-order chi connectivity index (χ0) is 15.3. The van der Waals surface area contributed by atoms with Crippen LogP contribution >= 0.6 is 34.8 Å². The number of aliphatic hydroxyl groups is 1. The molecule has 108 valence electrons. The van der Waals surface area contributed by atoms with Crippen LogP contribution in [-0.4, -0.2) is 27.8 Å². The molecule has 0 spiro atoms. The predicted molar refractivity (Wildman–Crippen MR) is 79.2 cm³/mol. The van der Waals surface area contributed by atoms with E-state index in [0.717, 1.165) is 0 Å². The van der Waals surface area contributed by atoms with Crippen molar-refractivity contribution in [1.82, 2.24) is 4.98 Å². The average molecular weight is 338 g/mol. The van der Waals surface area contributed by atoms with Gasteiger partial charge in [-0.1, -0.05) is 34.8 Å². The van der Waals surface area contributed by atoms with Gasteiger partial charge in [-0.05, 0) is 13.8 Å². The third-order valence-corrected chi connectivity index (χ3v) is 2.68. The van der Waals surface area contributed by atoms with Crippen LogP contribution < -0.4 is 0 Å². The van der Waals surface area contributed by atoms with Gasteiger partial charge < -0.3 is 9.84 Å². The van der Waals surface area contributed by atoms with Crippen LogP contribution in [0, 0.1) is 0 Å². The third-order valence-electron chi connectivity index (χ3n) is 2.02. The Labute approximate surface area is 130 Å². The lowest BCUT2D eigenvalue weighted by atomic mass is 10.2. The second-order valence-corrected chi connectivity index (χ2v) is 4.69. The number of carbonyl (C=O) groups is 1. The summed E-state index contributed by atoms with van der Waals surface area (Å²) in [5.74, 6) is -1.07. The molecule has 0 amide bonds. The SMILES string of the molecule is CCOC(=O)/C(C(Cl)=Nc1cc(Cl)nc(Cl)c1)=C(\C)O. The Hall–Kier alpha value is -1.30. The summed E-state index contributed by atoms with van der Waals surface area (Å²) in [7, 11) is 0. The van der Waals surface area contributed by atoms with Gasteiger partial charge in [-0.15, -0.1) is 0 Å². The molecule has 0 aliphatic heterocycles. The smallest absolute Gasteiger partial charge is 0.344 e. The molecule has 0 aliphatic rings. The summed E-state index contributed by atoms with van der Waals surface area (Å²) < 4.78 is 4.79. The highest BCUT2D eigenvalue weighted by molar-refractivity contribution is 6.72. The van der Waals surface area contributed by atoms with Gasteiger partial charge in [-0.3, -0.25) is 0 Å². The first-order chi connectivity index (χ1) is 9.35. The fraction of sp³-hybridized carbons (Fsp3) is 0.250. The number of halogens is 3. The molecule has 1 N–H and O–H groups in total. The molecule has 1 aromatic rings. The zero-order valence-corrected chi connectivity index (χ0v) is 12.9. The molecular formula is C12H11Cl3N2O3. The van der Waals surface area contributed by atoms with Crippen LogP contribution in [0.5, 0.6) is 0 Å². The van der Waals surface area contributed by atoms with Crippen molar-refractivity contribution >= 4 is 51.6 Å². The second kappa shape index (κ2) is 7.47. The second-order valence-electron chi connectivity index (χ2n) is 3.55. The number of ether oxygens (including phenoxy) is 1. The fourth-order valence-corrected chi connectivity index (χ4v) is 2.03. The van der Waals surface area contributed by atoms with Gasteiger partial charge in [0.15, 0.2) is 0 Å². The van der Waals surface area contributed by atoms with Crippen LogP contribution in [0.1, 0.15) is 13.8 Å². The third kappa shape index (κ3) is 4.67. The molecule has 20 heavy (non-hydrogen) atoms. The van der Waals surface area contributed by atoms with Crippen molar-refractivity contribution < 1.29 is 14.6 Å². The van der Waals surface area contributed by atoms with E-state index in [4.69, 9.17) is 39.5 Å². The predicted octanol–water partition coefficient (Wildman–Crippen LogP) is 4.05. The van der Waals surface area contributed by atoms with E-state index >= 15 is 0 Å². The Morgan fingerprint density at radius 2 is 1.95 bits per heavy atom. The van der Waals surface area contributed by atoms with E-state index in [0.29, 0.717) is 5.69 Å². The molecule has 1 rings (SSSR count). The van der Waals surface area contributed by atoms with Crippen molar-refractivity contribution in [3.05, 3.63) is 33.8 Å². The zero-order valence-electron chi connectivity index (χ0n) is 10.7. The van der Waals surface area contributed by atoms with Gasteiger partial charge in [0.2, 0.25) is 0 Å². The van der Waals surface area contributed by atoms with Gasteiger partial charge in [0, 0.05) is 12.1 Å². The van der Waals surface area contributed by atoms with Gasteiger partial charge in [0.25, 0.3) is 0 Å². The van der Waals surface area contributed by atoms with Gasteiger partial charge in [0.05, 0.1) is 12.3 Å².